The number of rotatable bonds is 7. The average Bonchev–Trinajstić information content (AvgIpc) is 3.63. The van der Waals surface area contributed by atoms with Gasteiger partial charge in [0.2, 0.25) is 5.88 Å². The van der Waals surface area contributed by atoms with Crippen molar-refractivity contribution in [2.45, 2.75) is 31.4 Å². The van der Waals surface area contributed by atoms with Crippen LogP contribution in [0.3, 0.4) is 0 Å². The molecule has 2 N–H and O–H groups in total. The van der Waals surface area contributed by atoms with E-state index < -0.39 is 5.91 Å². The largest absolute Gasteiger partial charge is 0.474 e. The minimum Gasteiger partial charge on any atom is -0.474 e. The molecule has 2 aliphatic heterocycles. The molecule has 5 heterocycles. The summed E-state index contributed by atoms with van der Waals surface area (Å²) in [4.78, 5) is 40.0. The number of aromatic nitrogens is 3. The molecule has 0 aromatic carbocycles. The first kappa shape index (κ1) is 24.2. The summed E-state index contributed by atoms with van der Waals surface area (Å²) in [5.41, 5.74) is 1.16. The lowest BCUT2D eigenvalue weighted by Gasteiger charge is -2.30. The highest BCUT2D eigenvalue weighted by atomic mass is 16.5. The van der Waals surface area contributed by atoms with E-state index in [1.807, 2.05) is 11.0 Å². The van der Waals surface area contributed by atoms with Gasteiger partial charge in [-0.2, -0.15) is 10.2 Å². The van der Waals surface area contributed by atoms with E-state index in [9.17, 15) is 9.59 Å². The van der Waals surface area contributed by atoms with Gasteiger partial charge in [-0.3, -0.25) is 14.6 Å². The first-order valence-corrected chi connectivity index (χ1v) is 12.0. The minimum atomic E-state index is -0.496. The summed E-state index contributed by atoms with van der Waals surface area (Å²) in [6.07, 6.45) is 7.83. The maximum atomic E-state index is 12.9. The Labute approximate surface area is 212 Å². The van der Waals surface area contributed by atoms with Crippen LogP contribution in [0.4, 0.5) is 11.7 Å². The second-order valence-electron chi connectivity index (χ2n) is 8.73. The van der Waals surface area contributed by atoms with Crippen molar-refractivity contribution in [1.29, 1.82) is 5.26 Å². The molecule has 2 aliphatic rings. The fraction of sp³-hybridized carbons (Fsp3) is 0.360. The van der Waals surface area contributed by atoms with Crippen molar-refractivity contribution in [3.63, 3.8) is 0 Å². The third-order valence-electron chi connectivity index (χ3n) is 6.17. The summed E-state index contributed by atoms with van der Waals surface area (Å²) in [7, 11) is 0. The SMILES string of the molecule is N#Cc1ccc(OC2CCN(c3nc(C(=O)Nc4ccncc4C(=O)N[C@@H]4CCOC4)co3)CC2)nc1. The lowest BCUT2D eigenvalue weighted by molar-refractivity contribution is 0.0930. The van der Waals surface area contributed by atoms with Gasteiger partial charge in [0.05, 0.1) is 29.5 Å². The highest BCUT2D eigenvalue weighted by Gasteiger charge is 2.26. The summed E-state index contributed by atoms with van der Waals surface area (Å²) >= 11 is 0. The number of amides is 2. The van der Waals surface area contributed by atoms with E-state index in [2.05, 4.69) is 25.6 Å². The molecule has 0 radical (unpaired) electrons. The lowest BCUT2D eigenvalue weighted by Crippen LogP contribution is -2.38. The van der Waals surface area contributed by atoms with Crippen molar-refractivity contribution >= 4 is 23.5 Å². The van der Waals surface area contributed by atoms with Crippen LogP contribution in [0.15, 0.2) is 47.5 Å². The predicted octanol–water partition coefficient (Wildman–Crippen LogP) is 2.16. The summed E-state index contributed by atoms with van der Waals surface area (Å²) in [5, 5.41) is 14.5. The quantitative estimate of drug-likeness (QED) is 0.490. The average molecular weight is 504 g/mol. The van der Waals surface area contributed by atoms with Gasteiger partial charge in [0.25, 0.3) is 17.8 Å². The van der Waals surface area contributed by atoms with Gasteiger partial charge in [0, 0.05) is 57.2 Å². The van der Waals surface area contributed by atoms with E-state index in [1.54, 1.807) is 18.2 Å². The first-order valence-electron chi connectivity index (χ1n) is 12.0. The zero-order valence-electron chi connectivity index (χ0n) is 19.9. The van der Waals surface area contributed by atoms with Gasteiger partial charge >= 0.3 is 0 Å². The smallest absolute Gasteiger partial charge is 0.297 e. The van der Waals surface area contributed by atoms with Gasteiger partial charge in [-0.25, -0.2) is 4.98 Å². The Balaban J connectivity index is 1.16. The number of oxazole rings is 1. The number of nitrogens with one attached hydrogen (secondary N) is 2. The Morgan fingerprint density at radius 1 is 1.14 bits per heavy atom. The second-order valence-corrected chi connectivity index (χ2v) is 8.73. The molecule has 12 nitrogen and oxygen atoms in total. The zero-order chi connectivity index (χ0) is 25.6. The molecule has 0 unspecified atom stereocenters. The van der Waals surface area contributed by atoms with Crippen LogP contribution in [0.1, 0.15) is 45.7 Å². The van der Waals surface area contributed by atoms with E-state index in [4.69, 9.17) is 19.2 Å². The summed E-state index contributed by atoms with van der Waals surface area (Å²) in [5.74, 6) is -0.348. The standard InChI is InChI=1S/C25H25N7O5/c26-11-16-1-2-22(28-12-16)37-18-4-8-32(9-5-18)25-31-21(15-36-25)24(34)30-20-3-7-27-13-19(20)23(33)29-17-6-10-35-14-17/h1-3,7,12-13,15,17-18H,4-6,8-10,14H2,(H,29,33)(H,27,30,34)/t17-/m1/s1. The molecule has 5 rings (SSSR count). The second kappa shape index (κ2) is 11.0. The van der Waals surface area contributed by atoms with Crippen LogP contribution in [0.5, 0.6) is 5.88 Å². The third-order valence-corrected chi connectivity index (χ3v) is 6.17. The highest BCUT2D eigenvalue weighted by Crippen LogP contribution is 2.23. The van der Waals surface area contributed by atoms with Gasteiger partial charge in [0.15, 0.2) is 5.69 Å². The number of hydrogen-bond donors (Lipinski definition) is 2. The molecular formula is C25H25N7O5. The van der Waals surface area contributed by atoms with E-state index in [0.29, 0.717) is 62.3 Å². The van der Waals surface area contributed by atoms with E-state index in [0.717, 1.165) is 6.42 Å². The number of anilines is 2. The number of piperidine rings is 1. The van der Waals surface area contributed by atoms with Crippen molar-refractivity contribution in [3.8, 4) is 11.9 Å². The Morgan fingerprint density at radius 3 is 2.73 bits per heavy atom. The number of ether oxygens (including phenoxy) is 2. The lowest BCUT2D eigenvalue weighted by atomic mass is 10.1. The van der Waals surface area contributed by atoms with Gasteiger partial charge in [0.1, 0.15) is 18.4 Å². The van der Waals surface area contributed by atoms with Crippen molar-refractivity contribution in [1.82, 2.24) is 20.3 Å². The van der Waals surface area contributed by atoms with E-state index >= 15 is 0 Å². The summed E-state index contributed by atoms with van der Waals surface area (Å²) in [6, 6.07) is 7.22. The molecule has 1 atom stereocenters. The van der Waals surface area contributed by atoms with Gasteiger partial charge < -0.3 is 29.4 Å². The zero-order valence-corrected chi connectivity index (χ0v) is 19.9. The molecule has 2 saturated heterocycles. The molecule has 3 aromatic rings. The monoisotopic (exact) mass is 503 g/mol. The molecule has 0 aliphatic carbocycles. The number of nitriles is 1. The van der Waals surface area contributed by atoms with Gasteiger partial charge in [-0.05, 0) is 18.6 Å². The predicted molar refractivity (Wildman–Crippen MR) is 130 cm³/mol. The number of nitrogens with zero attached hydrogens (tertiary/aromatic N) is 5. The fourth-order valence-electron chi connectivity index (χ4n) is 4.15. The van der Waals surface area contributed by atoms with Crippen molar-refractivity contribution in [2.24, 2.45) is 0 Å². The number of hydrogen-bond acceptors (Lipinski definition) is 10. The molecule has 190 valence electrons. The minimum absolute atomic E-state index is 0.0264. The van der Waals surface area contributed by atoms with Crippen molar-refractivity contribution < 1.29 is 23.5 Å². The van der Waals surface area contributed by atoms with Crippen LogP contribution >= 0.6 is 0 Å². The molecule has 37 heavy (non-hydrogen) atoms. The Morgan fingerprint density at radius 2 is 2.00 bits per heavy atom. The van der Waals surface area contributed by atoms with Gasteiger partial charge in [-0.1, -0.05) is 0 Å². The Bertz CT molecular complexity index is 1290. The normalized spacial score (nSPS) is 17.7. The van der Waals surface area contributed by atoms with Crippen LogP contribution in [0.25, 0.3) is 0 Å². The Kier molecular flexibility index (Phi) is 7.23. The molecule has 2 fully saturated rings. The number of carbonyl (C=O) groups excluding carboxylic acids is 2. The van der Waals surface area contributed by atoms with Crippen LogP contribution < -0.4 is 20.3 Å². The maximum Gasteiger partial charge on any atom is 0.297 e. The number of carbonyl (C=O) groups is 2. The van der Waals surface area contributed by atoms with Crippen LogP contribution in [0.2, 0.25) is 0 Å². The number of pyridine rings is 2. The molecule has 2 amide bonds. The van der Waals surface area contributed by atoms with Crippen LogP contribution in [-0.4, -0.2) is 65.2 Å². The first-order chi connectivity index (χ1) is 18.1. The van der Waals surface area contributed by atoms with Crippen molar-refractivity contribution in [3.05, 3.63) is 59.9 Å². The molecular weight excluding hydrogens is 478 g/mol. The Hall–Kier alpha value is -4.50. The highest BCUT2D eigenvalue weighted by molar-refractivity contribution is 6.08. The van der Waals surface area contributed by atoms with Gasteiger partial charge in [-0.15, -0.1) is 0 Å². The molecule has 0 spiro atoms. The third kappa shape index (κ3) is 5.84. The van der Waals surface area contributed by atoms with E-state index in [-0.39, 0.29) is 29.3 Å². The molecule has 0 saturated carbocycles. The topological polar surface area (TPSA) is 156 Å². The van der Waals surface area contributed by atoms with Crippen LogP contribution in [-0.2, 0) is 4.74 Å². The van der Waals surface area contributed by atoms with E-state index in [1.165, 1.54) is 24.9 Å². The fourth-order valence-corrected chi connectivity index (χ4v) is 4.15. The molecule has 0 bridgehead atoms. The van der Waals surface area contributed by atoms with Crippen LogP contribution in [0, 0.1) is 11.3 Å². The summed E-state index contributed by atoms with van der Waals surface area (Å²) < 4.78 is 16.8. The molecule has 12 heteroatoms. The van der Waals surface area contributed by atoms with Crippen molar-refractivity contribution in [2.75, 3.05) is 36.5 Å². The summed E-state index contributed by atoms with van der Waals surface area (Å²) in [6.45, 7) is 2.32. The maximum absolute atomic E-state index is 12.9. The molecule has 3 aromatic heterocycles.